The molecular formula is C31H23NO2. The zero-order valence-electron chi connectivity index (χ0n) is 18.9. The van der Waals surface area contributed by atoms with E-state index in [1.165, 1.54) is 0 Å². The van der Waals surface area contributed by atoms with Crippen molar-refractivity contribution < 1.29 is 4.74 Å². The maximum Gasteiger partial charge on any atom is 0.251 e. The second-order valence-corrected chi connectivity index (χ2v) is 8.51. The maximum atomic E-state index is 13.6. The molecule has 0 fully saturated rings. The molecule has 0 aliphatic carbocycles. The Morgan fingerprint density at radius 3 is 2.12 bits per heavy atom. The van der Waals surface area contributed by atoms with E-state index in [4.69, 9.17) is 4.74 Å². The summed E-state index contributed by atoms with van der Waals surface area (Å²) < 4.78 is 7.70. The van der Waals surface area contributed by atoms with E-state index in [0.29, 0.717) is 6.54 Å². The molecule has 0 N–H and O–H groups in total. The van der Waals surface area contributed by atoms with Gasteiger partial charge in [-0.15, -0.1) is 0 Å². The van der Waals surface area contributed by atoms with Gasteiger partial charge in [0.25, 0.3) is 5.56 Å². The topological polar surface area (TPSA) is 31.2 Å². The zero-order valence-corrected chi connectivity index (χ0v) is 18.9. The Balaban J connectivity index is 1.77. The minimum Gasteiger partial charge on any atom is -0.496 e. The largest absolute Gasteiger partial charge is 0.496 e. The first-order valence-electron chi connectivity index (χ1n) is 11.4. The fourth-order valence-electron chi connectivity index (χ4n) is 4.99. The van der Waals surface area contributed by atoms with E-state index in [2.05, 4.69) is 60.7 Å². The maximum absolute atomic E-state index is 13.6. The summed E-state index contributed by atoms with van der Waals surface area (Å²) in [5, 5.41) is 5.49. The van der Waals surface area contributed by atoms with E-state index >= 15 is 0 Å². The second kappa shape index (κ2) is 8.20. The molecule has 0 amide bonds. The highest BCUT2D eigenvalue weighted by Gasteiger charge is 2.18. The lowest BCUT2D eigenvalue weighted by Crippen LogP contribution is -2.21. The van der Waals surface area contributed by atoms with Gasteiger partial charge in [0.1, 0.15) is 5.75 Å². The molecule has 0 unspecified atom stereocenters. The highest BCUT2D eigenvalue weighted by Crippen LogP contribution is 2.41. The first-order valence-corrected chi connectivity index (χ1v) is 11.4. The summed E-state index contributed by atoms with van der Waals surface area (Å²) in [6.07, 6.45) is 0. The van der Waals surface area contributed by atoms with Crippen LogP contribution in [0.4, 0.5) is 0 Å². The SMILES string of the molecule is COc1ccc2ccccc2c1-c1cc(=O)n(Cc2ccccc2)c2ccc3ccccc3c12. The molecule has 5 aromatic carbocycles. The summed E-state index contributed by atoms with van der Waals surface area (Å²) in [5.74, 6) is 0.758. The van der Waals surface area contributed by atoms with Crippen molar-refractivity contribution in [1.82, 2.24) is 4.57 Å². The van der Waals surface area contributed by atoms with Crippen LogP contribution in [-0.2, 0) is 6.54 Å². The highest BCUT2D eigenvalue weighted by atomic mass is 16.5. The smallest absolute Gasteiger partial charge is 0.251 e. The Morgan fingerprint density at radius 1 is 0.706 bits per heavy atom. The van der Waals surface area contributed by atoms with E-state index in [-0.39, 0.29) is 5.56 Å². The molecular weight excluding hydrogens is 418 g/mol. The number of hydrogen-bond donors (Lipinski definition) is 0. The van der Waals surface area contributed by atoms with E-state index in [9.17, 15) is 4.79 Å². The van der Waals surface area contributed by atoms with Crippen LogP contribution in [0.1, 0.15) is 5.56 Å². The normalized spacial score (nSPS) is 11.3. The summed E-state index contributed by atoms with van der Waals surface area (Å²) in [5.41, 5.74) is 3.83. The second-order valence-electron chi connectivity index (χ2n) is 8.51. The van der Waals surface area contributed by atoms with Gasteiger partial charge in [-0.25, -0.2) is 0 Å². The van der Waals surface area contributed by atoms with Gasteiger partial charge in [0, 0.05) is 22.6 Å². The number of rotatable bonds is 4. The first-order chi connectivity index (χ1) is 16.7. The number of hydrogen-bond acceptors (Lipinski definition) is 2. The predicted molar refractivity (Wildman–Crippen MR) is 141 cm³/mol. The monoisotopic (exact) mass is 441 g/mol. The third-order valence-electron chi connectivity index (χ3n) is 6.56. The van der Waals surface area contributed by atoms with Crippen LogP contribution in [0, 0.1) is 0 Å². The number of pyridine rings is 1. The van der Waals surface area contributed by atoms with Gasteiger partial charge in [0.15, 0.2) is 0 Å². The molecule has 3 heteroatoms. The van der Waals surface area contributed by atoms with Gasteiger partial charge in [0.2, 0.25) is 0 Å². The van der Waals surface area contributed by atoms with Crippen LogP contribution in [0.25, 0.3) is 43.6 Å². The number of aromatic nitrogens is 1. The van der Waals surface area contributed by atoms with Gasteiger partial charge in [-0.3, -0.25) is 4.79 Å². The summed E-state index contributed by atoms with van der Waals surface area (Å²) in [6.45, 7) is 0.515. The van der Waals surface area contributed by atoms with Crippen molar-refractivity contribution in [3.8, 4) is 16.9 Å². The first kappa shape index (κ1) is 20.3. The van der Waals surface area contributed by atoms with E-state index < -0.39 is 0 Å². The molecule has 6 aromatic rings. The van der Waals surface area contributed by atoms with E-state index in [1.807, 2.05) is 47.0 Å². The summed E-state index contributed by atoms with van der Waals surface area (Å²) >= 11 is 0. The van der Waals surface area contributed by atoms with Crippen LogP contribution >= 0.6 is 0 Å². The van der Waals surface area contributed by atoms with Gasteiger partial charge >= 0.3 is 0 Å². The molecule has 0 bridgehead atoms. The predicted octanol–water partition coefficient (Wildman–Crippen LogP) is 7.03. The molecule has 0 spiro atoms. The number of benzene rings is 5. The lowest BCUT2D eigenvalue weighted by Gasteiger charge is -2.19. The number of ether oxygens (including phenoxy) is 1. The van der Waals surface area contributed by atoms with Gasteiger partial charge in [0.05, 0.1) is 19.2 Å². The van der Waals surface area contributed by atoms with Crippen molar-refractivity contribution in [2.75, 3.05) is 7.11 Å². The molecule has 34 heavy (non-hydrogen) atoms. The lowest BCUT2D eigenvalue weighted by atomic mass is 9.92. The highest BCUT2D eigenvalue weighted by molar-refractivity contribution is 6.16. The van der Waals surface area contributed by atoms with Crippen molar-refractivity contribution in [3.05, 3.63) is 125 Å². The summed E-state index contributed by atoms with van der Waals surface area (Å²) in [6, 6.07) is 36.7. The third-order valence-corrected chi connectivity index (χ3v) is 6.56. The zero-order chi connectivity index (χ0) is 23.1. The Bertz CT molecular complexity index is 1730. The van der Waals surface area contributed by atoms with Gasteiger partial charge in [-0.2, -0.15) is 0 Å². The Labute approximate surface area is 197 Å². The minimum atomic E-state index is -0.0309. The average Bonchev–Trinajstić information content (AvgIpc) is 2.89. The number of methoxy groups -OCH3 is 1. The molecule has 3 nitrogen and oxygen atoms in total. The van der Waals surface area contributed by atoms with Crippen LogP contribution in [0.15, 0.2) is 114 Å². The van der Waals surface area contributed by atoms with Crippen LogP contribution < -0.4 is 10.3 Å². The fraction of sp³-hybridized carbons (Fsp3) is 0.0645. The minimum absolute atomic E-state index is 0.0309. The molecule has 0 atom stereocenters. The van der Waals surface area contributed by atoms with E-state index in [1.54, 1.807) is 13.2 Å². The van der Waals surface area contributed by atoms with Gasteiger partial charge in [-0.05, 0) is 39.2 Å². The Morgan fingerprint density at radius 2 is 1.35 bits per heavy atom. The van der Waals surface area contributed by atoms with Gasteiger partial charge < -0.3 is 9.30 Å². The Kier molecular flexibility index (Phi) is 4.88. The van der Waals surface area contributed by atoms with Crippen molar-refractivity contribution >= 4 is 32.4 Å². The van der Waals surface area contributed by atoms with Crippen LogP contribution in [0.3, 0.4) is 0 Å². The van der Waals surface area contributed by atoms with Crippen LogP contribution in [0.2, 0.25) is 0 Å². The lowest BCUT2D eigenvalue weighted by molar-refractivity contribution is 0.417. The average molecular weight is 442 g/mol. The van der Waals surface area contributed by atoms with Crippen molar-refractivity contribution in [1.29, 1.82) is 0 Å². The summed E-state index contributed by atoms with van der Waals surface area (Å²) in [4.78, 5) is 13.6. The van der Waals surface area contributed by atoms with Crippen molar-refractivity contribution in [2.45, 2.75) is 6.54 Å². The molecule has 0 saturated carbocycles. The van der Waals surface area contributed by atoms with E-state index in [0.717, 1.165) is 54.9 Å². The van der Waals surface area contributed by atoms with Crippen molar-refractivity contribution in [2.24, 2.45) is 0 Å². The number of fused-ring (bicyclic) bond motifs is 4. The third kappa shape index (κ3) is 3.25. The molecule has 1 heterocycles. The molecule has 164 valence electrons. The van der Waals surface area contributed by atoms with Crippen molar-refractivity contribution in [3.63, 3.8) is 0 Å². The standard InChI is InChI=1S/C31H23NO2/c1-34-28-18-16-23-12-6-8-14-25(23)31(28)26-19-29(33)32(20-21-9-3-2-4-10-21)27-17-15-22-11-5-7-13-24(22)30(26)27/h2-19H,20H2,1H3. The van der Waals surface area contributed by atoms with Gasteiger partial charge in [-0.1, -0.05) is 91.0 Å². The molecule has 1 aromatic heterocycles. The van der Waals surface area contributed by atoms with Crippen LogP contribution in [0.5, 0.6) is 5.75 Å². The number of nitrogens with zero attached hydrogens (tertiary/aromatic N) is 1. The molecule has 0 aliphatic heterocycles. The molecule has 0 radical (unpaired) electrons. The summed E-state index contributed by atoms with van der Waals surface area (Å²) in [7, 11) is 1.69. The molecule has 6 rings (SSSR count). The fourth-order valence-corrected chi connectivity index (χ4v) is 4.99. The molecule has 0 aliphatic rings. The molecule has 0 saturated heterocycles. The van der Waals surface area contributed by atoms with Crippen LogP contribution in [-0.4, -0.2) is 11.7 Å². The quantitative estimate of drug-likeness (QED) is 0.275. The Hall–Kier alpha value is -4.37.